The molecule has 0 aliphatic rings. The lowest BCUT2D eigenvalue weighted by Crippen LogP contribution is -2.24. The van der Waals surface area contributed by atoms with Crippen molar-refractivity contribution >= 4 is 17.0 Å². The van der Waals surface area contributed by atoms with E-state index in [2.05, 4.69) is 0 Å². The lowest BCUT2D eigenvalue weighted by molar-refractivity contribution is 0.132. The van der Waals surface area contributed by atoms with Gasteiger partial charge in [-0.1, -0.05) is 13.8 Å². The number of aliphatic hydroxyl groups is 1. The van der Waals surface area contributed by atoms with Crippen LogP contribution < -0.4 is 5.73 Å². The smallest absolute Gasteiger partial charge is 0.104 e. The Bertz CT molecular complexity index is 32.7. The second-order valence-corrected chi connectivity index (χ2v) is 1.73. The molecule has 46 valence electrons. The third-order valence-electron chi connectivity index (χ3n) is 0.683. The molecule has 0 amide bonds. The lowest BCUT2D eigenvalue weighted by atomic mass is 10.2. The standard InChI is InChI=1S/C4H11NO.BrH/c1-3(2)4(5)6;/h3-4,6H,5H2,1-2H3;1H. The van der Waals surface area contributed by atoms with Crippen LogP contribution in [0.4, 0.5) is 0 Å². The SMILES string of the molecule is Br.CC(C)C(N)O. The van der Waals surface area contributed by atoms with Gasteiger partial charge >= 0.3 is 0 Å². The van der Waals surface area contributed by atoms with E-state index in [-0.39, 0.29) is 22.9 Å². The fourth-order valence-corrected chi connectivity index (χ4v) is 0. The Morgan fingerprint density at radius 1 is 1.43 bits per heavy atom. The van der Waals surface area contributed by atoms with Crippen molar-refractivity contribution in [2.24, 2.45) is 11.7 Å². The number of hydrogen-bond acceptors (Lipinski definition) is 2. The highest BCUT2D eigenvalue weighted by Crippen LogP contribution is 1.90. The number of rotatable bonds is 1. The molecule has 0 spiro atoms. The van der Waals surface area contributed by atoms with E-state index in [0.717, 1.165) is 0 Å². The minimum Gasteiger partial charge on any atom is -0.379 e. The molecule has 7 heavy (non-hydrogen) atoms. The summed E-state index contributed by atoms with van der Waals surface area (Å²) >= 11 is 0. The number of aliphatic hydroxyl groups excluding tert-OH is 1. The summed E-state index contributed by atoms with van der Waals surface area (Å²) < 4.78 is 0. The topological polar surface area (TPSA) is 46.2 Å². The minimum absolute atomic E-state index is 0. The van der Waals surface area contributed by atoms with Gasteiger partial charge < -0.3 is 10.8 Å². The van der Waals surface area contributed by atoms with E-state index in [9.17, 15) is 0 Å². The van der Waals surface area contributed by atoms with Crippen molar-refractivity contribution in [3.05, 3.63) is 0 Å². The van der Waals surface area contributed by atoms with Gasteiger partial charge in [0.15, 0.2) is 0 Å². The molecule has 0 saturated heterocycles. The summed E-state index contributed by atoms with van der Waals surface area (Å²) in [5.41, 5.74) is 4.99. The summed E-state index contributed by atoms with van der Waals surface area (Å²) in [6.07, 6.45) is -0.648. The van der Waals surface area contributed by atoms with Crippen LogP contribution in [0, 0.1) is 5.92 Å². The van der Waals surface area contributed by atoms with Gasteiger partial charge in [0.05, 0.1) is 0 Å². The monoisotopic (exact) mass is 169 g/mol. The van der Waals surface area contributed by atoms with Crippen molar-refractivity contribution in [2.75, 3.05) is 0 Å². The molecular formula is C4H12BrNO. The molecule has 0 aliphatic carbocycles. The number of hydrogen-bond donors (Lipinski definition) is 2. The molecule has 1 atom stereocenters. The summed E-state index contributed by atoms with van der Waals surface area (Å²) in [5, 5.41) is 8.41. The Morgan fingerprint density at radius 2 is 1.57 bits per heavy atom. The molecule has 0 radical (unpaired) electrons. The average Bonchev–Trinajstić information content (AvgIpc) is 1.36. The zero-order valence-electron chi connectivity index (χ0n) is 4.59. The van der Waals surface area contributed by atoms with E-state index in [0.29, 0.717) is 0 Å². The molecule has 3 heteroatoms. The maximum absolute atomic E-state index is 8.41. The third kappa shape index (κ3) is 6.40. The van der Waals surface area contributed by atoms with Crippen molar-refractivity contribution in [3.8, 4) is 0 Å². The normalized spacial score (nSPS) is 13.3. The Labute approximate surface area is 54.5 Å². The van der Waals surface area contributed by atoms with Gasteiger partial charge in [0, 0.05) is 0 Å². The van der Waals surface area contributed by atoms with E-state index >= 15 is 0 Å². The summed E-state index contributed by atoms with van der Waals surface area (Å²) in [6, 6.07) is 0. The lowest BCUT2D eigenvalue weighted by Gasteiger charge is -2.04. The predicted octanol–water partition coefficient (Wildman–Crippen LogP) is 0.497. The van der Waals surface area contributed by atoms with Gasteiger partial charge in [0.25, 0.3) is 0 Å². The molecule has 0 fully saturated rings. The first-order valence-corrected chi connectivity index (χ1v) is 2.08. The van der Waals surface area contributed by atoms with Gasteiger partial charge in [-0.2, -0.15) is 0 Å². The molecule has 0 heterocycles. The maximum atomic E-state index is 8.41. The first-order chi connectivity index (χ1) is 2.64. The Kier molecular flexibility index (Phi) is 6.77. The molecule has 0 rings (SSSR count). The maximum Gasteiger partial charge on any atom is 0.104 e. The largest absolute Gasteiger partial charge is 0.379 e. The Balaban J connectivity index is 0. The molecule has 0 aromatic heterocycles. The van der Waals surface area contributed by atoms with Crippen LogP contribution in [0.1, 0.15) is 13.8 Å². The quantitative estimate of drug-likeness (QED) is 0.563. The van der Waals surface area contributed by atoms with Gasteiger partial charge in [0.2, 0.25) is 0 Å². The molecular weight excluding hydrogens is 158 g/mol. The van der Waals surface area contributed by atoms with E-state index < -0.39 is 6.23 Å². The van der Waals surface area contributed by atoms with Crippen molar-refractivity contribution < 1.29 is 5.11 Å². The Hall–Kier alpha value is 0.400. The van der Waals surface area contributed by atoms with Crippen molar-refractivity contribution in [3.63, 3.8) is 0 Å². The second-order valence-electron chi connectivity index (χ2n) is 1.73. The number of nitrogens with two attached hydrogens (primary N) is 1. The van der Waals surface area contributed by atoms with Crippen molar-refractivity contribution in [1.82, 2.24) is 0 Å². The summed E-state index contributed by atoms with van der Waals surface area (Å²) in [6.45, 7) is 3.73. The first-order valence-electron chi connectivity index (χ1n) is 2.08. The van der Waals surface area contributed by atoms with Gasteiger partial charge in [-0.05, 0) is 5.92 Å². The van der Waals surface area contributed by atoms with Gasteiger partial charge in [-0.3, -0.25) is 0 Å². The third-order valence-corrected chi connectivity index (χ3v) is 0.683. The van der Waals surface area contributed by atoms with Crippen LogP contribution in [0.5, 0.6) is 0 Å². The zero-order valence-corrected chi connectivity index (χ0v) is 6.30. The van der Waals surface area contributed by atoms with Crippen LogP contribution in [0.3, 0.4) is 0 Å². The summed E-state index contributed by atoms with van der Waals surface area (Å²) in [4.78, 5) is 0. The zero-order chi connectivity index (χ0) is 5.15. The van der Waals surface area contributed by atoms with Crippen LogP contribution >= 0.6 is 17.0 Å². The fraction of sp³-hybridized carbons (Fsp3) is 1.00. The van der Waals surface area contributed by atoms with Crippen LogP contribution in [0.15, 0.2) is 0 Å². The highest BCUT2D eigenvalue weighted by atomic mass is 79.9. The van der Waals surface area contributed by atoms with Gasteiger partial charge in [-0.15, -0.1) is 17.0 Å². The fourth-order valence-electron chi connectivity index (χ4n) is 0. The van der Waals surface area contributed by atoms with E-state index in [1.165, 1.54) is 0 Å². The average molecular weight is 170 g/mol. The van der Waals surface area contributed by atoms with Crippen LogP contribution in [-0.4, -0.2) is 11.3 Å². The highest BCUT2D eigenvalue weighted by Gasteiger charge is 1.97. The first kappa shape index (κ1) is 10.4. The van der Waals surface area contributed by atoms with Crippen molar-refractivity contribution in [1.29, 1.82) is 0 Å². The molecule has 0 aliphatic heterocycles. The molecule has 0 saturated carbocycles. The molecule has 3 N–H and O–H groups in total. The van der Waals surface area contributed by atoms with E-state index in [1.54, 1.807) is 0 Å². The van der Waals surface area contributed by atoms with Crippen LogP contribution in [-0.2, 0) is 0 Å². The van der Waals surface area contributed by atoms with E-state index in [4.69, 9.17) is 10.8 Å². The minimum atomic E-state index is -0.648. The summed E-state index contributed by atoms with van der Waals surface area (Å²) in [7, 11) is 0. The predicted molar refractivity (Wildman–Crippen MR) is 35.4 cm³/mol. The van der Waals surface area contributed by atoms with Crippen LogP contribution in [0.2, 0.25) is 0 Å². The molecule has 0 aromatic rings. The molecule has 0 bridgehead atoms. The van der Waals surface area contributed by atoms with Gasteiger partial charge in [-0.25, -0.2) is 0 Å². The molecule has 0 aromatic carbocycles. The van der Waals surface area contributed by atoms with Gasteiger partial charge in [0.1, 0.15) is 6.23 Å². The van der Waals surface area contributed by atoms with E-state index in [1.807, 2.05) is 13.8 Å². The Morgan fingerprint density at radius 3 is 1.57 bits per heavy atom. The highest BCUT2D eigenvalue weighted by molar-refractivity contribution is 8.93. The molecule has 1 unspecified atom stereocenters. The second kappa shape index (κ2) is 4.56. The van der Waals surface area contributed by atoms with Crippen LogP contribution in [0.25, 0.3) is 0 Å². The van der Waals surface area contributed by atoms with Crippen molar-refractivity contribution in [2.45, 2.75) is 20.1 Å². The molecule has 2 nitrogen and oxygen atoms in total. The summed E-state index contributed by atoms with van der Waals surface area (Å²) in [5.74, 6) is 0.185. The number of halogens is 1.